The molecule has 5 nitrogen and oxygen atoms in total. The number of rotatable bonds is 6. The highest BCUT2D eigenvalue weighted by atomic mass is 19.4. The minimum absolute atomic E-state index is 0.257. The second kappa shape index (κ2) is 8.44. The molecule has 0 unspecified atom stereocenters. The lowest BCUT2D eigenvalue weighted by molar-refractivity contribution is -0.385. The van der Waals surface area contributed by atoms with Crippen molar-refractivity contribution >= 4 is 11.4 Å². The highest BCUT2D eigenvalue weighted by molar-refractivity contribution is 5.54. The highest BCUT2D eigenvalue weighted by Crippen LogP contribution is 2.38. The van der Waals surface area contributed by atoms with Gasteiger partial charge in [0.1, 0.15) is 5.75 Å². The fourth-order valence-electron chi connectivity index (χ4n) is 2.99. The minimum atomic E-state index is -4.68. The van der Waals surface area contributed by atoms with E-state index in [1.165, 1.54) is 0 Å². The highest BCUT2D eigenvalue weighted by Gasteiger charge is 2.33. The van der Waals surface area contributed by atoms with Gasteiger partial charge in [-0.15, -0.1) is 0 Å². The molecule has 0 radical (unpaired) electrons. The van der Waals surface area contributed by atoms with E-state index in [1.54, 1.807) is 24.3 Å². The molecule has 0 heterocycles. The number of nitro benzene ring substituents is 1. The Hall–Kier alpha value is -3.55. The van der Waals surface area contributed by atoms with Crippen LogP contribution in [0.25, 0.3) is 0 Å². The van der Waals surface area contributed by atoms with E-state index in [0.717, 1.165) is 28.9 Å². The zero-order valence-electron chi connectivity index (χ0n) is 16.3. The first-order valence-corrected chi connectivity index (χ1v) is 9.07. The lowest BCUT2D eigenvalue weighted by Gasteiger charge is -2.15. The molecule has 1 N–H and O–H groups in total. The monoisotopic (exact) mass is 416 g/mol. The van der Waals surface area contributed by atoms with Gasteiger partial charge in [-0.1, -0.05) is 35.9 Å². The van der Waals surface area contributed by atoms with E-state index in [4.69, 9.17) is 4.74 Å². The number of para-hydroxylation sites is 1. The summed E-state index contributed by atoms with van der Waals surface area (Å²) in [6.45, 7) is 4.34. The van der Waals surface area contributed by atoms with E-state index in [-0.39, 0.29) is 5.75 Å². The van der Waals surface area contributed by atoms with Crippen molar-refractivity contribution in [1.29, 1.82) is 0 Å². The van der Waals surface area contributed by atoms with Gasteiger partial charge in [0.2, 0.25) is 5.75 Å². The predicted octanol–water partition coefficient (Wildman–Crippen LogP) is 6.63. The van der Waals surface area contributed by atoms with Gasteiger partial charge in [-0.3, -0.25) is 10.1 Å². The van der Waals surface area contributed by atoms with Gasteiger partial charge >= 0.3 is 11.9 Å². The summed E-state index contributed by atoms with van der Waals surface area (Å²) in [5, 5.41) is 14.6. The predicted molar refractivity (Wildman–Crippen MR) is 108 cm³/mol. The normalized spacial score (nSPS) is 11.2. The SMILES string of the molecule is Cc1ccc(NCc2ccccc2Oc2ccc(C(F)(F)F)cc2[N+](=O)[O-])c(C)c1. The van der Waals surface area contributed by atoms with Crippen molar-refractivity contribution in [3.63, 3.8) is 0 Å². The molecule has 30 heavy (non-hydrogen) atoms. The van der Waals surface area contributed by atoms with Crippen molar-refractivity contribution < 1.29 is 22.8 Å². The number of nitrogens with one attached hydrogen (secondary N) is 1. The number of anilines is 1. The molecule has 0 aliphatic rings. The van der Waals surface area contributed by atoms with Crippen molar-refractivity contribution in [2.75, 3.05) is 5.32 Å². The average Bonchev–Trinajstić information content (AvgIpc) is 2.67. The topological polar surface area (TPSA) is 64.4 Å². The van der Waals surface area contributed by atoms with Crippen LogP contribution in [-0.2, 0) is 12.7 Å². The summed E-state index contributed by atoms with van der Waals surface area (Å²) >= 11 is 0. The lowest BCUT2D eigenvalue weighted by Crippen LogP contribution is -2.06. The summed E-state index contributed by atoms with van der Waals surface area (Å²) < 4.78 is 44.4. The van der Waals surface area contributed by atoms with Crippen LogP contribution in [0.2, 0.25) is 0 Å². The van der Waals surface area contributed by atoms with Crippen LogP contribution in [0.15, 0.2) is 60.7 Å². The summed E-state index contributed by atoms with van der Waals surface area (Å²) in [5.41, 5.74) is 1.97. The Bertz CT molecular complexity index is 1080. The molecule has 0 aliphatic heterocycles. The summed E-state index contributed by atoms with van der Waals surface area (Å²) in [6, 6.07) is 15.0. The molecule has 0 aliphatic carbocycles. The molecule has 0 spiro atoms. The first-order chi connectivity index (χ1) is 14.1. The molecule has 0 aromatic heterocycles. The van der Waals surface area contributed by atoms with Crippen LogP contribution in [-0.4, -0.2) is 4.92 Å². The molecule has 0 bridgehead atoms. The molecule has 0 saturated heterocycles. The van der Waals surface area contributed by atoms with Gasteiger partial charge in [0.15, 0.2) is 0 Å². The van der Waals surface area contributed by atoms with E-state index in [9.17, 15) is 23.3 Å². The van der Waals surface area contributed by atoms with Crippen molar-refractivity contribution in [1.82, 2.24) is 0 Å². The van der Waals surface area contributed by atoms with Gasteiger partial charge in [0, 0.05) is 23.9 Å². The Labute approximate surface area is 171 Å². The minimum Gasteiger partial charge on any atom is -0.450 e. The summed E-state index contributed by atoms with van der Waals surface area (Å²) in [6.07, 6.45) is -4.68. The molecule has 0 atom stereocenters. The first-order valence-electron chi connectivity index (χ1n) is 9.07. The summed E-state index contributed by atoms with van der Waals surface area (Å²) in [4.78, 5) is 10.4. The van der Waals surface area contributed by atoms with Crippen LogP contribution in [0.5, 0.6) is 11.5 Å². The van der Waals surface area contributed by atoms with Crippen LogP contribution in [0.1, 0.15) is 22.3 Å². The Balaban J connectivity index is 1.87. The van der Waals surface area contributed by atoms with Gasteiger partial charge in [0.25, 0.3) is 0 Å². The van der Waals surface area contributed by atoms with E-state index < -0.39 is 22.4 Å². The fraction of sp³-hybridized carbons (Fsp3) is 0.182. The second-order valence-corrected chi connectivity index (χ2v) is 6.82. The van der Waals surface area contributed by atoms with Gasteiger partial charge in [-0.2, -0.15) is 13.2 Å². The van der Waals surface area contributed by atoms with E-state index in [2.05, 4.69) is 5.32 Å². The van der Waals surface area contributed by atoms with Gasteiger partial charge in [0.05, 0.1) is 10.5 Å². The zero-order chi connectivity index (χ0) is 21.9. The second-order valence-electron chi connectivity index (χ2n) is 6.82. The zero-order valence-corrected chi connectivity index (χ0v) is 16.3. The van der Waals surface area contributed by atoms with Gasteiger partial charge in [-0.25, -0.2) is 0 Å². The molecule has 3 rings (SSSR count). The van der Waals surface area contributed by atoms with Gasteiger partial charge < -0.3 is 10.1 Å². The number of halogens is 3. The first kappa shape index (κ1) is 21.2. The standard InChI is InChI=1S/C22H19F3N2O3/c1-14-7-9-18(15(2)11-14)26-13-16-5-3-4-6-20(16)30-21-10-8-17(22(23,24)25)12-19(21)27(28)29/h3-12,26H,13H2,1-2H3. The van der Waals surface area contributed by atoms with Crippen molar-refractivity contribution in [2.24, 2.45) is 0 Å². The molecular weight excluding hydrogens is 397 g/mol. The Morgan fingerprint density at radius 3 is 2.40 bits per heavy atom. The Kier molecular flexibility index (Phi) is 5.96. The summed E-state index contributed by atoms with van der Waals surface area (Å²) in [5.74, 6) is 0.0598. The molecular formula is C22H19F3N2O3. The Morgan fingerprint density at radius 1 is 1.00 bits per heavy atom. The van der Waals surface area contributed by atoms with Crippen LogP contribution < -0.4 is 10.1 Å². The third kappa shape index (κ3) is 4.89. The molecule has 0 fully saturated rings. The molecule has 8 heteroatoms. The van der Waals surface area contributed by atoms with E-state index in [0.29, 0.717) is 23.9 Å². The van der Waals surface area contributed by atoms with E-state index in [1.807, 2.05) is 32.0 Å². The number of hydrogen-bond acceptors (Lipinski definition) is 4. The van der Waals surface area contributed by atoms with Crippen LogP contribution in [0.3, 0.4) is 0 Å². The maximum absolute atomic E-state index is 12.9. The number of nitrogens with zero attached hydrogens (tertiary/aromatic N) is 1. The average molecular weight is 416 g/mol. The number of benzene rings is 3. The maximum atomic E-state index is 12.9. The van der Waals surface area contributed by atoms with Crippen LogP contribution >= 0.6 is 0 Å². The van der Waals surface area contributed by atoms with Crippen molar-refractivity contribution in [2.45, 2.75) is 26.6 Å². The maximum Gasteiger partial charge on any atom is 0.416 e. The molecule has 156 valence electrons. The number of ether oxygens (including phenoxy) is 1. The molecule has 3 aromatic carbocycles. The number of alkyl halides is 3. The Morgan fingerprint density at radius 2 is 1.73 bits per heavy atom. The number of aryl methyl sites for hydroxylation is 2. The number of nitro groups is 1. The van der Waals surface area contributed by atoms with E-state index >= 15 is 0 Å². The molecule has 0 amide bonds. The van der Waals surface area contributed by atoms with Crippen molar-refractivity contribution in [3.05, 3.63) is 93.0 Å². The smallest absolute Gasteiger partial charge is 0.416 e. The number of hydrogen-bond donors (Lipinski definition) is 1. The van der Waals surface area contributed by atoms with Crippen LogP contribution in [0, 0.1) is 24.0 Å². The fourth-order valence-corrected chi connectivity index (χ4v) is 2.99. The largest absolute Gasteiger partial charge is 0.450 e. The van der Waals surface area contributed by atoms with Crippen molar-refractivity contribution in [3.8, 4) is 11.5 Å². The van der Waals surface area contributed by atoms with Crippen LogP contribution in [0.4, 0.5) is 24.5 Å². The lowest BCUT2D eigenvalue weighted by atomic mass is 10.1. The molecule has 3 aromatic rings. The third-order valence-electron chi connectivity index (χ3n) is 4.53. The molecule has 0 saturated carbocycles. The van der Waals surface area contributed by atoms with Gasteiger partial charge in [-0.05, 0) is 43.7 Å². The summed E-state index contributed by atoms with van der Waals surface area (Å²) in [7, 11) is 0. The quantitative estimate of drug-likeness (QED) is 0.362. The third-order valence-corrected chi connectivity index (χ3v) is 4.53.